The van der Waals surface area contributed by atoms with Crippen LogP contribution < -0.4 is 21.5 Å². The van der Waals surface area contributed by atoms with Gasteiger partial charge in [0.15, 0.2) is 5.75 Å². The molecule has 0 radical (unpaired) electrons. The Balaban J connectivity index is 2.56. The normalized spacial score (nSPS) is 10.1. The van der Waals surface area contributed by atoms with Gasteiger partial charge in [-0.2, -0.15) is 0 Å². The van der Waals surface area contributed by atoms with E-state index in [2.05, 4.69) is 5.32 Å². The van der Waals surface area contributed by atoms with Gasteiger partial charge in [-0.25, -0.2) is 9.59 Å². The molecule has 3 amide bonds. The van der Waals surface area contributed by atoms with Crippen molar-refractivity contribution in [2.24, 2.45) is 11.5 Å². The van der Waals surface area contributed by atoms with Crippen molar-refractivity contribution in [2.45, 2.75) is 0 Å². The molecule has 1 aromatic carbocycles. The Morgan fingerprint density at radius 1 is 1.24 bits per heavy atom. The Kier molecular flexibility index (Phi) is 2.84. The number of carbonyl (C=O) groups is 2. The summed E-state index contributed by atoms with van der Waals surface area (Å²) in [5.74, 6) is 0.219. The van der Waals surface area contributed by atoms with E-state index < -0.39 is 12.1 Å². The number of hydrogen-bond acceptors (Lipinski definition) is 4. The first kappa shape index (κ1) is 11.2. The van der Waals surface area contributed by atoms with Crippen LogP contribution in [-0.4, -0.2) is 12.1 Å². The summed E-state index contributed by atoms with van der Waals surface area (Å²) >= 11 is 1.25. The summed E-state index contributed by atoms with van der Waals surface area (Å²) in [4.78, 5) is 21.6. The zero-order valence-electron chi connectivity index (χ0n) is 8.60. The number of fused-ring (bicyclic) bond motifs is 1. The molecule has 0 aliphatic heterocycles. The maximum Gasteiger partial charge on any atom is 0.410 e. The summed E-state index contributed by atoms with van der Waals surface area (Å²) in [5, 5.41) is 3.45. The zero-order chi connectivity index (χ0) is 12.4. The second kappa shape index (κ2) is 4.30. The van der Waals surface area contributed by atoms with E-state index >= 15 is 0 Å². The average Bonchev–Trinajstić information content (AvgIpc) is 2.55. The first-order chi connectivity index (χ1) is 8.08. The third-order valence-corrected chi connectivity index (χ3v) is 3.06. The number of primary amides is 2. The smallest absolute Gasteiger partial charge is 0.407 e. The van der Waals surface area contributed by atoms with Crippen LogP contribution >= 0.6 is 11.3 Å². The minimum absolute atomic E-state index is 0.219. The molecule has 0 fully saturated rings. The molecular weight excluding hydrogens is 242 g/mol. The van der Waals surface area contributed by atoms with Crippen molar-refractivity contribution >= 4 is 38.5 Å². The molecule has 0 atom stereocenters. The summed E-state index contributed by atoms with van der Waals surface area (Å²) in [7, 11) is 0. The third kappa shape index (κ3) is 2.28. The number of nitrogens with one attached hydrogen (secondary N) is 1. The number of amides is 3. The van der Waals surface area contributed by atoms with E-state index in [1.165, 1.54) is 11.3 Å². The van der Waals surface area contributed by atoms with E-state index in [1.807, 2.05) is 12.1 Å². The Bertz CT molecular complexity index is 593. The van der Waals surface area contributed by atoms with Crippen molar-refractivity contribution in [3.05, 3.63) is 24.3 Å². The zero-order valence-corrected chi connectivity index (χ0v) is 9.41. The summed E-state index contributed by atoms with van der Waals surface area (Å²) in [6.45, 7) is 0. The molecule has 0 aliphatic carbocycles. The summed E-state index contributed by atoms with van der Waals surface area (Å²) in [5.41, 5.74) is 10.0. The molecule has 0 aliphatic rings. The molecule has 0 saturated carbocycles. The molecule has 1 heterocycles. The van der Waals surface area contributed by atoms with Gasteiger partial charge in [0.25, 0.3) is 0 Å². The van der Waals surface area contributed by atoms with E-state index in [0.717, 1.165) is 4.70 Å². The van der Waals surface area contributed by atoms with Gasteiger partial charge in [0.1, 0.15) is 5.00 Å². The standard InChI is InChI=1S/C10H9N3O3S/c11-9(14)13-8-7(16-10(12)15)5-3-1-2-4-6(5)17-8/h1-4H,(H2,12,15)(H3,11,13,14). The van der Waals surface area contributed by atoms with E-state index in [9.17, 15) is 9.59 Å². The molecule has 2 rings (SSSR count). The maximum absolute atomic E-state index is 10.8. The third-order valence-electron chi connectivity index (χ3n) is 1.99. The molecule has 7 heteroatoms. The van der Waals surface area contributed by atoms with Gasteiger partial charge < -0.3 is 16.2 Å². The number of anilines is 1. The highest BCUT2D eigenvalue weighted by atomic mass is 32.1. The molecule has 0 spiro atoms. The van der Waals surface area contributed by atoms with Crippen molar-refractivity contribution in [3.63, 3.8) is 0 Å². The van der Waals surface area contributed by atoms with E-state index in [1.54, 1.807) is 12.1 Å². The van der Waals surface area contributed by atoms with Gasteiger partial charge in [-0.1, -0.05) is 12.1 Å². The molecule has 6 nitrogen and oxygen atoms in total. The van der Waals surface area contributed by atoms with Gasteiger partial charge in [0.2, 0.25) is 0 Å². The Hall–Kier alpha value is -2.28. The number of benzene rings is 1. The number of hydrogen-bond donors (Lipinski definition) is 3. The quantitative estimate of drug-likeness (QED) is 0.757. The first-order valence-electron chi connectivity index (χ1n) is 4.63. The molecular formula is C10H9N3O3S. The number of urea groups is 1. The molecule has 88 valence electrons. The second-order valence-electron chi connectivity index (χ2n) is 3.17. The molecule has 5 N–H and O–H groups in total. The fraction of sp³-hybridized carbons (Fsp3) is 0. The van der Waals surface area contributed by atoms with E-state index in [0.29, 0.717) is 10.4 Å². The van der Waals surface area contributed by atoms with Crippen molar-refractivity contribution in [2.75, 3.05) is 5.32 Å². The monoisotopic (exact) mass is 251 g/mol. The topological polar surface area (TPSA) is 107 Å². The number of nitrogens with two attached hydrogens (primary N) is 2. The van der Waals surface area contributed by atoms with Crippen molar-refractivity contribution < 1.29 is 14.3 Å². The minimum Gasteiger partial charge on any atom is -0.407 e. The van der Waals surface area contributed by atoms with Crippen LogP contribution in [0.15, 0.2) is 24.3 Å². The maximum atomic E-state index is 10.8. The van der Waals surface area contributed by atoms with Crippen LogP contribution in [0.5, 0.6) is 5.75 Å². The fourth-order valence-electron chi connectivity index (χ4n) is 1.42. The highest BCUT2D eigenvalue weighted by Crippen LogP contribution is 2.41. The lowest BCUT2D eigenvalue weighted by atomic mass is 10.2. The highest BCUT2D eigenvalue weighted by molar-refractivity contribution is 7.23. The summed E-state index contributed by atoms with van der Waals surface area (Å²) < 4.78 is 5.73. The Morgan fingerprint density at radius 3 is 2.59 bits per heavy atom. The molecule has 0 bridgehead atoms. The molecule has 1 aromatic heterocycles. The van der Waals surface area contributed by atoms with E-state index in [-0.39, 0.29) is 5.75 Å². The number of carbonyl (C=O) groups excluding carboxylic acids is 2. The molecule has 0 unspecified atom stereocenters. The van der Waals surface area contributed by atoms with Gasteiger partial charge >= 0.3 is 12.1 Å². The SMILES string of the molecule is NC(=O)Nc1sc2ccccc2c1OC(N)=O. The predicted molar refractivity (Wildman–Crippen MR) is 65.2 cm³/mol. The Morgan fingerprint density at radius 2 is 1.94 bits per heavy atom. The summed E-state index contributed by atoms with van der Waals surface area (Å²) in [6, 6.07) is 6.49. The molecule has 0 saturated heterocycles. The highest BCUT2D eigenvalue weighted by Gasteiger charge is 2.16. The van der Waals surface area contributed by atoms with Crippen LogP contribution in [0.2, 0.25) is 0 Å². The van der Waals surface area contributed by atoms with Crippen LogP contribution in [-0.2, 0) is 0 Å². The van der Waals surface area contributed by atoms with Crippen molar-refractivity contribution in [1.29, 1.82) is 0 Å². The average molecular weight is 251 g/mol. The second-order valence-corrected chi connectivity index (χ2v) is 4.22. The van der Waals surface area contributed by atoms with Gasteiger partial charge in [0, 0.05) is 10.1 Å². The van der Waals surface area contributed by atoms with Crippen LogP contribution in [0.25, 0.3) is 10.1 Å². The lowest BCUT2D eigenvalue weighted by Gasteiger charge is -2.03. The largest absolute Gasteiger partial charge is 0.410 e. The molecule has 17 heavy (non-hydrogen) atoms. The lowest BCUT2D eigenvalue weighted by Crippen LogP contribution is -2.21. The van der Waals surface area contributed by atoms with E-state index in [4.69, 9.17) is 16.2 Å². The number of thiophene rings is 1. The predicted octanol–water partition coefficient (Wildman–Crippen LogP) is 1.85. The van der Waals surface area contributed by atoms with Crippen LogP contribution in [0.3, 0.4) is 0 Å². The first-order valence-corrected chi connectivity index (χ1v) is 5.45. The summed E-state index contributed by atoms with van der Waals surface area (Å²) in [6.07, 6.45) is -0.943. The van der Waals surface area contributed by atoms with Gasteiger partial charge in [-0.3, -0.25) is 5.32 Å². The Labute approximate surface area is 100 Å². The van der Waals surface area contributed by atoms with Crippen LogP contribution in [0, 0.1) is 0 Å². The van der Waals surface area contributed by atoms with Crippen LogP contribution in [0.4, 0.5) is 14.6 Å². The van der Waals surface area contributed by atoms with Crippen molar-refractivity contribution in [3.8, 4) is 5.75 Å². The fourth-order valence-corrected chi connectivity index (χ4v) is 2.45. The lowest BCUT2D eigenvalue weighted by molar-refractivity contribution is 0.211. The van der Waals surface area contributed by atoms with Gasteiger partial charge in [-0.15, -0.1) is 11.3 Å². The van der Waals surface area contributed by atoms with Gasteiger partial charge in [-0.05, 0) is 12.1 Å². The number of rotatable bonds is 2. The minimum atomic E-state index is -0.943. The van der Waals surface area contributed by atoms with Crippen molar-refractivity contribution in [1.82, 2.24) is 0 Å². The molecule has 2 aromatic rings. The van der Waals surface area contributed by atoms with Gasteiger partial charge in [0.05, 0.1) is 0 Å². The number of ether oxygens (including phenoxy) is 1. The van der Waals surface area contributed by atoms with Crippen LogP contribution in [0.1, 0.15) is 0 Å².